The number of thiazole rings is 1. The number of nitrogens with one attached hydrogen (secondary N) is 3. The molecule has 3 N–H and O–H groups in total. The first-order valence-corrected chi connectivity index (χ1v) is 8.15. The molecule has 0 fully saturated rings. The lowest BCUT2D eigenvalue weighted by Gasteiger charge is -2.09. The molecular formula is C17H16N4O2S. The highest BCUT2D eigenvalue weighted by atomic mass is 32.1. The Bertz CT molecular complexity index is 920. The van der Waals surface area contributed by atoms with Gasteiger partial charge in [-0.3, -0.25) is 4.79 Å². The molecule has 1 aromatic heterocycles. The third-order valence-corrected chi connectivity index (χ3v) is 4.27. The normalized spacial score (nSPS) is 10.4. The minimum absolute atomic E-state index is 0.162. The molecule has 0 spiro atoms. The summed E-state index contributed by atoms with van der Waals surface area (Å²) in [6, 6.07) is 12.7. The zero-order chi connectivity index (χ0) is 17.1. The number of anilines is 3. The summed E-state index contributed by atoms with van der Waals surface area (Å²) in [5, 5.41) is 8.80. The Morgan fingerprint density at radius 3 is 2.58 bits per heavy atom. The largest absolute Gasteiger partial charge is 0.323 e. The second-order valence-corrected chi connectivity index (χ2v) is 6.31. The first-order valence-electron chi connectivity index (χ1n) is 7.33. The van der Waals surface area contributed by atoms with Gasteiger partial charge in [0, 0.05) is 18.3 Å². The molecule has 24 heavy (non-hydrogen) atoms. The number of hydrogen-bond donors (Lipinski definition) is 3. The van der Waals surface area contributed by atoms with Crippen molar-refractivity contribution in [3.63, 3.8) is 0 Å². The zero-order valence-electron chi connectivity index (χ0n) is 13.2. The average Bonchev–Trinajstić information content (AvgIpc) is 2.90. The molecule has 0 saturated heterocycles. The van der Waals surface area contributed by atoms with Crippen LogP contribution in [0.3, 0.4) is 0 Å². The molecule has 1 heterocycles. The van der Waals surface area contributed by atoms with Crippen molar-refractivity contribution in [3.8, 4) is 0 Å². The monoisotopic (exact) mass is 340 g/mol. The predicted molar refractivity (Wildman–Crippen MR) is 97.7 cm³/mol. The first kappa shape index (κ1) is 15.9. The van der Waals surface area contributed by atoms with Crippen molar-refractivity contribution in [2.24, 2.45) is 0 Å². The van der Waals surface area contributed by atoms with E-state index in [0.29, 0.717) is 10.8 Å². The summed E-state index contributed by atoms with van der Waals surface area (Å²) in [5.41, 5.74) is 3.10. The van der Waals surface area contributed by atoms with Crippen LogP contribution in [0.4, 0.5) is 21.3 Å². The maximum atomic E-state index is 12.1. The van der Waals surface area contributed by atoms with Crippen LogP contribution in [0.15, 0.2) is 42.5 Å². The van der Waals surface area contributed by atoms with Crippen LogP contribution < -0.4 is 16.0 Å². The van der Waals surface area contributed by atoms with Crippen LogP contribution in [0, 0.1) is 6.92 Å². The fourth-order valence-corrected chi connectivity index (χ4v) is 3.10. The van der Waals surface area contributed by atoms with E-state index in [1.807, 2.05) is 37.3 Å². The number of aryl methyl sites for hydroxylation is 1. The maximum absolute atomic E-state index is 12.1. The highest BCUT2D eigenvalue weighted by Crippen LogP contribution is 2.28. The Balaban J connectivity index is 1.73. The quantitative estimate of drug-likeness (QED) is 0.668. The number of hydrogen-bond acceptors (Lipinski definition) is 4. The van der Waals surface area contributed by atoms with Gasteiger partial charge >= 0.3 is 6.03 Å². The smallest absolute Gasteiger partial charge is 0.308 e. The summed E-state index contributed by atoms with van der Waals surface area (Å²) >= 11 is 1.39. The van der Waals surface area contributed by atoms with Crippen molar-refractivity contribution >= 4 is 50.0 Å². The Kier molecular flexibility index (Phi) is 4.43. The van der Waals surface area contributed by atoms with Crippen LogP contribution in [0.25, 0.3) is 10.2 Å². The topological polar surface area (TPSA) is 83.1 Å². The van der Waals surface area contributed by atoms with Gasteiger partial charge < -0.3 is 16.0 Å². The number of rotatable bonds is 3. The van der Waals surface area contributed by atoms with Crippen molar-refractivity contribution in [2.45, 2.75) is 13.8 Å². The minimum atomic E-state index is -0.319. The van der Waals surface area contributed by atoms with Crippen molar-refractivity contribution in [1.82, 2.24) is 4.98 Å². The number of fused-ring (bicyclic) bond motifs is 1. The van der Waals surface area contributed by atoms with Crippen LogP contribution in [0.5, 0.6) is 0 Å². The third-order valence-electron chi connectivity index (χ3n) is 3.32. The molecule has 0 aliphatic carbocycles. The van der Waals surface area contributed by atoms with Gasteiger partial charge in [0.25, 0.3) is 0 Å². The average molecular weight is 340 g/mol. The highest BCUT2D eigenvalue weighted by molar-refractivity contribution is 7.22. The standard InChI is InChI=1S/C17H16N4O2S/c1-10-5-3-4-6-13(10)20-16(23)19-12-7-8-15-14(9-12)21-17(24-15)18-11(2)22/h3-9H,1-2H3,(H,18,21,22)(H2,19,20,23). The molecule has 0 aliphatic heterocycles. The minimum Gasteiger partial charge on any atom is -0.308 e. The van der Waals surface area contributed by atoms with Crippen molar-refractivity contribution in [2.75, 3.05) is 16.0 Å². The molecule has 3 amide bonds. The number of aromatic nitrogens is 1. The lowest BCUT2D eigenvalue weighted by Crippen LogP contribution is -2.19. The number of urea groups is 1. The first-order chi connectivity index (χ1) is 11.5. The number of carbonyl (C=O) groups is 2. The Morgan fingerprint density at radius 1 is 1.04 bits per heavy atom. The van der Waals surface area contributed by atoms with Gasteiger partial charge in [-0.25, -0.2) is 9.78 Å². The summed E-state index contributed by atoms with van der Waals surface area (Å²) in [6.45, 7) is 3.37. The Hall–Kier alpha value is -2.93. The van der Waals surface area contributed by atoms with Crippen molar-refractivity contribution in [1.29, 1.82) is 0 Å². The molecule has 3 rings (SSSR count). The van der Waals surface area contributed by atoms with Crippen LogP contribution in [0.2, 0.25) is 0 Å². The van der Waals surface area contributed by atoms with Gasteiger partial charge in [-0.1, -0.05) is 29.5 Å². The van der Waals surface area contributed by atoms with Crippen molar-refractivity contribution < 1.29 is 9.59 Å². The van der Waals surface area contributed by atoms with Crippen LogP contribution in [0.1, 0.15) is 12.5 Å². The van der Waals surface area contributed by atoms with E-state index in [0.717, 1.165) is 21.5 Å². The molecule has 2 aromatic carbocycles. The van der Waals surface area contributed by atoms with E-state index in [9.17, 15) is 9.59 Å². The van der Waals surface area contributed by atoms with Gasteiger partial charge in [0.05, 0.1) is 10.2 Å². The van der Waals surface area contributed by atoms with E-state index >= 15 is 0 Å². The molecule has 0 radical (unpaired) electrons. The van der Waals surface area contributed by atoms with E-state index in [1.54, 1.807) is 12.1 Å². The molecule has 0 bridgehead atoms. The lowest BCUT2D eigenvalue weighted by molar-refractivity contribution is -0.114. The van der Waals surface area contributed by atoms with Gasteiger partial charge in [-0.05, 0) is 36.8 Å². The molecule has 7 heteroatoms. The van der Waals surface area contributed by atoms with Gasteiger partial charge in [0.2, 0.25) is 5.91 Å². The number of benzene rings is 2. The molecule has 122 valence electrons. The zero-order valence-corrected chi connectivity index (χ0v) is 14.0. The second-order valence-electron chi connectivity index (χ2n) is 5.28. The van der Waals surface area contributed by atoms with E-state index in [-0.39, 0.29) is 11.9 Å². The molecule has 0 aliphatic rings. The molecule has 0 unspecified atom stereocenters. The predicted octanol–water partition coefficient (Wildman–Crippen LogP) is 4.21. The number of para-hydroxylation sites is 1. The lowest BCUT2D eigenvalue weighted by atomic mass is 10.2. The van der Waals surface area contributed by atoms with Crippen molar-refractivity contribution in [3.05, 3.63) is 48.0 Å². The highest BCUT2D eigenvalue weighted by Gasteiger charge is 2.08. The third kappa shape index (κ3) is 3.69. The fraction of sp³-hybridized carbons (Fsp3) is 0.118. The molecule has 3 aromatic rings. The number of amides is 3. The number of carbonyl (C=O) groups excluding carboxylic acids is 2. The maximum Gasteiger partial charge on any atom is 0.323 e. The fourth-order valence-electron chi connectivity index (χ4n) is 2.21. The second kappa shape index (κ2) is 6.67. The van der Waals surface area contributed by atoms with E-state index < -0.39 is 0 Å². The van der Waals surface area contributed by atoms with Gasteiger partial charge in [0.1, 0.15) is 0 Å². The summed E-state index contributed by atoms with van der Waals surface area (Å²) < 4.78 is 0.934. The molecular weight excluding hydrogens is 324 g/mol. The van der Waals surface area contributed by atoms with Crippen LogP contribution in [-0.4, -0.2) is 16.9 Å². The van der Waals surface area contributed by atoms with Gasteiger partial charge in [-0.15, -0.1) is 0 Å². The van der Waals surface area contributed by atoms with Crippen LogP contribution in [-0.2, 0) is 4.79 Å². The molecule has 0 saturated carbocycles. The van der Waals surface area contributed by atoms with Gasteiger partial charge in [-0.2, -0.15) is 0 Å². The summed E-state index contributed by atoms with van der Waals surface area (Å²) in [4.78, 5) is 27.6. The van der Waals surface area contributed by atoms with E-state index in [2.05, 4.69) is 20.9 Å². The Labute approximate surface area is 142 Å². The summed E-state index contributed by atoms with van der Waals surface area (Å²) in [5.74, 6) is -0.162. The number of nitrogens with zero attached hydrogens (tertiary/aromatic N) is 1. The SMILES string of the molecule is CC(=O)Nc1nc2cc(NC(=O)Nc3ccccc3C)ccc2s1. The molecule has 0 atom stereocenters. The van der Waals surface area contributed by atoms with E-state index in [4.69, 9.17) is 0 Å². The van der Waals surface area contributed by atoms with E-state index in [1.165, 1.54) is 18.3 Å². The summed E-state index contributed by atoms with van der Waals surface area (Å²) in [7, 11) is 0. The van der Waals surface area contributed by atoms with Crippen LogP contribution >= 0.6 is 11.3 Å². The molecule has 6 nitrogen and oxygen atoms in total. The summed E-state index contributed by atoms with van der Waals surface area (Å²) in [6.07, 6.45) is 0. The Morgan fingerprint density at radius 2 is 1.83 bits per heavy atom. The van der Waals surface area contributed by atoms with Gasteiger partial charge in [0.15, 0.2) is 5.13 Å².